The molecule has 1 aliphatic heterocycles. The van der Waals surface area contributed by atoms with E-state index >= 15 is 0 Å². The third kappa shape index (κ3) is 2.68. The van der Waals surface area contributed by atoms with E-state index in [1.807, 2.05) is 16.3 Å². The molecule has 0 saturated carbocycles. The molecule has 1 aliphatic rings. The van der Waals surface area contributed by atoms with Crippen molar-refractivity contribution in [3.63, 3.8) is 0 Å². The fraction of sp³-hybridized carbons (Fsp3) is 0.583. The Labute approximate surface area is 105 Å². The van der Waals surface area contributed by atoms with Crippen molar-refractivity contribution in [1.82, 2.24) is 4.90 Å². The van der Waals surface area contributed by atoms with Gasteiger partial charge in [0, 0.05) is 26.1 Å². The SMILES string of the molecule is COCCN1C(=O)CCC(N)C1c1ccsc1. The van der Waals surface area contributed by atoms with Crippen LogP contribution in [0.4, 0.5) is 0 Å². The van der Waals surface area contributed by atoms with Gasteiger partial charge in [0.15, 0.2) is 0 Å². The van der Waals surface area contributed by atoms with Gasteiger partial charge in [-0.1, -0.05) is 0 Å². The lowest BCUT2D eigenvalue weighted by Crippen LogP contribution is -2.49. The van der Waals surface area contributed by atoms with Crippen LogP contribution >= 0.6 is 11.3 Å². The minimum absolute atomic E-state index is 0.0117. The van der Waals surface area contributed by atoms with Gasteiger partial charge in [0.25, 0.3) is 0 Å². The van der Waals surface area contributed by atoms with Crippen LogP contribution in [-0.2, 0) is 9.53 Å². The molecule has 2 rings (SSSR count). The average Bonchev–Trinajstić information content (AvgIpc) is 2.83. The van der Waals surface area contributed by atoms with Crippen molar-refractivity contribution in [2.75, 3.05) is 20.3 Å². The van der Waals surface area contributed by atoms with Crippen LogP contribution in [0.2, 0.25) is 0 Å². The summed E-state index contributed by atoms with van der Waals surface area (Å²) in [7, 11) is 1.65. The van der Waals surface area contributed by atoms with Crippen LogP contribution in [0.1, 0.15) is 24.4 Å². The van der Waals surface area contributed by atoms with Gasteiger partial charge >= 0.3 is 0 Å². The van der Waals surface area contributed by atoms with Crippen molar-refractivity contribution in [2.24, 2.45) is 5.73 Å². The van der Waals surface area contributed by atoms with Gasteiger partial charge < -0.3 is 15.4 Å². The fourth-order valence-electron chi connectivity index (χ4n) is 2.30. The molecule has 94 valence electrons. The predicted octanol–water partition coefficient (Wildman–Crippen LogP) is 1.39. The molecule has 4 nitrogen and oxygen atoms in total. The summed E-state index contributed by atoms with van der Waals surface area (Å²) in [4.78, 5) is 13.8. The molecule has 1 aromatic heterocycles. The van der Waals surface area contributed by atoms with Crippen molar-refractivity contribution < 1.29 is 9.53 Å². The molecule has 1 saturated heterocycles. The molecule has 1 fully saturated rings. The summed E-state index contributed by atoms with van der Waals surface area (Å²) in [5.74, 6) is 0.181. The number of hydrogen-bond donors (Lipinski definition) is 1. The van der Waals surface area contributed by atoms with Gasteiger partial charge in [0.2, 0.25) is 5.91 Å². The van der Waals surface area contributed by atoms with E-state index in [1.165, 1.54) is 0 Å². The Morgan fingerprint density at radius 1 is 1.65 bits per heavy atom. The second-order valence-electron chi connectivity index (χ2n) is 4.28. The smallest absolute Gasteiger partial charge is 0.223 e. The zero-order valence-electron chi connectivity index (χ0n) is 9.96. The number of carbonyl (C=O) groups is 1. The Balaban J connectivity index is 2.19. The molecular weight excluding hydrogens is 236 g/mol. The highest BCUT2D eigenvalue weighted by Crippen LogP contribution is 2.31. The molecule has 2 atom stereocenters. The molecule has 0 aliphatic carbocycles. The summed E-state index contributed by atoms with van der Waals surface area (Å²) in [6.07, 6.45) is 1.31. The van der Waals surface area contributed by atoms with Crippen molar-refractivity contribution in [3.05, 3.63) is 22.4 Å². The first-order valence-electron chi connectivity index (χ1n) is 5.80. The number of thiophene rings is 1. The van der Waals surface area contributed by atoms with Crippen LogP contribution in [0.5, 0.6) is 0 Å². The van der Waals surface area contributed by atoms with E-state index in [0.29, 0.717) is 19.6 Å². The quantitative estimate of drug-likeness (QED) is 0.883. The number of hydrogen-bond acceptors (Lipinski definition) is 4. The number of carbonyl (C=O) groups excluding carboxylic acids is 1. The molecule has 0 spiro atoms. The van der Waals surface area contributed by atoms with Crippen molar-refractivity contribution in [2.45, 2.75) is 24.9 Å². The van der Waals surface area contributed by atoms with Gasteiger partial charge in [-0.25, -0.2) is 0 Å². The molecule has 0 aromatic carbocycles. The van der Waals surface area contributed by atoms with Crippen LogP contribution < -0.4 is 5.73 Å². The minimum Gasteiger partial charge on any atom is -0.383 e. The van der Waals surface area contributed by atoms with Crippen molar-refractivity contribution in [1.29, 1.82) is 0 Å². The Morgan fingerprint density at radius 2 is 2.47 bits per heavy atom. The van der Waals surface area contributed by atoms with E-state index < -0.39 is 0 Å². The maximum Gasteiger partial charge on any atom is 0.223 e. The lowest BCUT2D eigenvalue weighted by atomic mass is 9.92. The van der Waals surface area contributed by atoms with E-state index in [9.17, 15) is 4.79 Å². The van der Waals surface area contributed by atoms with Crippen LogP contribution in [0.3, 0.4) is 0 Å². The Hall–Kier alpha value is -0.910. The maximum atomic E-state index is 12.0. The highest BCUT2D eigenvalue weighted by Gasteiger charge is 2.34. The van der Waals surface area contributed by atoms with Crippen molar-refractivity contribution in [3.8, 4) is 0 Å². The lowest BCUT2D eigenvalue weighted by molar-refractivity contribution is -0.138. The second kappa shape index (κ2) is 5.62. The zero-order chi connectivity index (χ0) is 12.3. The number of methoxy groups -OCH3 is 1. The van der Waals surface area contributed by atoms with Crippen LogP contribution in [-0.4, -0.2) is 37.1 Å². The third-order valence-electron chi connectivity index (χ3n) is 3.17. The molecule has 2 unspecified atom stereocenters. The fourth-order valence-corrected chi connectivity index (χ4v) is 2.99. The maximum absolute atomic E-state index is 12.0. The van der Waals surface area contributed by atoms with Crippen molar-refractivity contribution >= 4 is 17.2 Å². The monoisotopic (exact) mass is 254 g/mol. The van der Waals surface area contributed by atoms with Crippen LogP contribution in [0, 0.1) is 0 Å². The van der Waals surface area contributed by atoms with Crippen LogP contribution in [0.25, 0.3) is 0 Å². The molecule has 0 radical (unpaired) electrons. The largest absolute Gasteiger partial charge is 0.383 e. The number of piperidine rings is 1. The highest BCUT2D eigenvalue weighted by atomic mass is 32.1. The summed E-state index contributed by atoms with van der Waals surface area (Å²) in [5, 5.41) is 4.10. The first kappa shape index (κ1) is 12.5. The molecular formula is C12H18N2O2S. The third-order valence-corrected chi connectivity index (χ3v) is 3.88. The number of nitrogens with zero attached hydrogens (tertiary/aromatic N) is 1. The molecule has 17 heavy (non-hydrogen) atoms. The Morgan fingerprint density at radius 3 is 3.12 bits per heavy atom. The van der Waals surface area contributed by atoms with Gasteiger partial charge in [0.1, 0.15) is 0 Å². The number of likely N-dealkylation sites (tertiary alicyclic amines) is 1. The molecule has 1 aromatic rings. The van der Waals surface area contributed by atoms with Crippen LogP contribution in [0.15, 0.2) is 16.8 Å². The summed E-state index contributed by atoms with van der Waals surface area (Å²) in [6, 6.07) is 2.09. The number of amides is 1. The van der Waals surface area contributed by atoms with Gasteiger partial charge in [-0.3, -0.25) is 4.79 Å². The molecule has 2 heterocycles. The lowest BCUT2D eigenvalue weighted by Gasteiger charge is -2.39. The highest BCUT2D eigenvalue weighted by molar-refractivity contribution is 7.08. The first-order valence-corrected chi connectivity index (χ1v) is 6.74. The first-order chi connectivity index (χ1) is 8.24. The van der Waals surface area contributed by atoms with Gasteiger partial charge in [0.05, 0.1) is 12.6 Å². The molecule has 5 heteroatoms. The Kier molecular flexibility index (Phi) is 4.15. The van der Waals surface area contributed by atoms with Gasteiger partial charge in [-0.15, -0.1) is 0 Å². The predicted molar refractivity (Wildman–Crippen MR) is 67.9 cm³/mol. The second-order valence-corrected chi connectivity index (χ2v) is 5.06. The standard InChI is InChI=1S/C12H18N2O2S/c1-16-6-5-14-11(15)3-2-10(13)12(14)9-4-7-17-8-9/h4,7-8,10,12H,2-3,5-6,13H2,1H3. The summed E-state index contributed by atoms with van der Waals surface area (Å²) < 4.78 is 5.06. The summed E-state index contributed by atoms with van der Waals surface area (Å²) >= 11 is 1.64. The number of ether oxygens (including phenoxy) is 1. The zero-order valence-corrected chi connectivity index (χ0v) is 10.8. The van der Waals surface area contributed by atoms with E-state index in [0.717, 1.165) is 12.0 Å². The molecule has 0 bridgehead atoms. The normalized spacial score (nSPS) is 25.3. The summed E-state index contributed by atoms with van der Waals surface area (Å²) in [5.41, 5.74) is 7.31. The van der Waals surface area contributed by atoms with Gasteiger partial charge in [-0.05, 0) is 28.8 Å². The number of nitrogens with two attached hydrogens (primary N) is 1. The van der Waals surface area contributed by atoms with E-state index in [4.69, 9.17) is 10.5 Å². The van der Waals surface area contributed by atoms with E-state index in [1.54, 1.807) is 18.4 Å². The summed E-state index contributed by atoms with van der Waals surface area (Å²) in [6.45, 7) is 1.17. The van der Waals surface area contributed by atoms with Gasteiger partial charge in [-0.2, -0.15) is 11.3 Å². The number of rotatable bonds is 4. The van der Waals surface area contributed by atoms with E-state index in [2.05, 4.69) is 5.38 Å². The van der Waals surface area contributed by atoms with E-state index in [-0.39, 0.29) is 18.0 Å². The topological polar surface area (TPSA) is 55.6 Å². The minimum atomic E-state index is 0.0117. The average molecular weight is 254 g/mol. The molecule has 1 amide bonds. The molecule has 2 N–H and O–H groups in total. The Bertz CT molecular complexity index is 367.